The zero-order valence-electron chi connectivity index (χ0n) is 19.4. The van der Waals surface area contributed by atoms with Crippen molar-refractivity contribution in [3.8, 4) is 12.3 Å². The van der Waals surface area contributed by atoms with E-state index in [9.17, 15) is 9.59 Å². The molecule has 176 valence electrons. The molecule has 7 heteroatoms. The number of morpholine rings is 1. The first-order valence-electron chi connectivity index (χ1n) is 11.5. The van der Waals surface area contributed by atoms with E-state index >= 15 is 0 Å². The van der Waals surface area contributed by atoms with E-state index in [2.05, 4.69) is 28.3 Å². The maximum absolute atomic E-state index is 13.4. The molecule has 0 bridgehead atoms. The summed E-state index contributed by atoms with van der Waals surface area (Å²) in [4.78, 5) is 27.8. The van der Waals surface area contributed by atoms with Gasteiger partial charge in [-0.3, -0.25) is 19.8 Å². The smallest absolute Gasteiger partial charge is 0.326 e. The number of nitrogens with zero attached hydrogens (tertiary/aromatic N) is 1. The lowest BCUT2D eigenvalue weighted by Crippen LogP contribution is -2.64. The first-order valence-corrected chi connectivity index (χ1v) is 12.4. The molecule has 1 saturated carbocycles. The van der Waals surface area contributed by atoms with E-state index in [1.807, 2.05) is 44.2 Å². The Bertz CT molecular complexity index is 937. The quantitative estimate of drug-likeness (QED) is 0.375. The van der Waals surface area contributed by atoms with Crippen LogP contribution in [0.5, 0.6) is 0 Å². The summed E-state index contributed by atoms with van der Waals surface area (Å²) < 4.78 is 10.6. The average molecular weight is 469 g/mol. The summed E-state index contributed by atoms with van der Waals surface area (Å²) in [5.74, 6) is 2.69. The number of allylic oxidation sites excluding steroid dienone is 1. The number of methoxy groups -OCH3 is 1. The van der Waals surface area contributed by atoms with Gasteiger partial charge in [0.25, 0.3) is 0 Å². The fraction of sp³-hybridized carbons (Fsp3) is 0.538. The minimum Gasteiger partial charge on any atom is -0.468 e. The van der Waals surface area contributed by atoms with Crippen LogP contribution in [0, 0.1) is 18.3 Å². The molecule has 1 N–H and O–H groups in total. The maximum atomic E-state index is 13.4. The van der Waals surface area contributed by atoms with Crippen LogP contribution in [0.1, 0.15) is 32.3 Å². The lowest BCUT2D eigenvalue weighted by atomic mass is 9.95. The number of ether oxygens (including phenoxy) is 2. The highest BCUT2D eigenvalue weighted by molar-refractivity contribution is 8.01. The Morgan fingerprint density at radius 1 is 1.33 bits per heavy atom. The van der Waals surface area contributed by atoms with Gasteiger partial charge in [-0.2, -0.15) is 0 Å². The molecular weight excluding hydrogens is 436 g/mol. The number of cyclic esters (lactones) is 1. The second-order valence-electron chi connectivity index (χ2n) is 9.46. The zero-order valence-corrected chi connectivity index (χ0v) is 20.2. The highest BCUT2D eigenvalue weighted by Gasteiger charge is 2.54. The van der Waals surface area contributed by atoms with Crippen molar-refractivity contribution in [3.05, 3.63) is 48.0 Å². The van der Waals surface area contributed by atoms with Gasteiger partial charge < -0.3 is 9.47 Å². The summed E-state index contributed by atoms with van der Waals surface area (Å²) in [6.45, 7) is 4.27. The van der Waals surface area contributed by atoms with Crippen molar-refractivity contribution in [1.82, 2.24) is 10.2 Å². The van der Waals surface area contributed by atoms with E-state index in [4.69, 9.17) is 15.9 Å². The van der Waals surface area contributed by atoms with Crippen LogP contribution in [-0.2, 0) is 25.5 Å². The summed E-state index contributed by atoms with van der Waals surface area (Å²) >= 11 is 1.56. The zero-order chi connectivity index (χ0) is 23.6. The van der Waals surface area contributed by atoms with Gasteiger partial charge in [-0.1, -0.05) is 48.4 Å². The maximum Gasteiger partial charge on any atom is 0.326 e. The van der Waals surface area contributed by atoms with Crippen LogP contribution < -0.4 is 5.32 Å². The summed E-state index contributed by atoms with van der Waals surface area (Å²) in [6, 6.07) is 8.77. The van der Waals surface area contributed by atoms with Gasteiger partial charge in [-0.05, 0) is 38.2 Å². The molecule has 0 radical (unpaired) electrons. The number of terminal acetylenes is 1. The number of rotatable bonds is 7. The molecule has 3 fully saturated rings. The third-order valence-corrected chi connectivity index (χ3v) is 8.06. The molecule has 2 aliphatic heterocycles. The molecule has 6 nitrogen and oxygen atoms in total. The van der Waals surface area contributed by atoms with Crippen LogP contribution >= 0.6 is 11.8 Å². The molecule has 1 aromatic carbocycles. The minimum absolute atomic E-state index is 0.146. The average Bonchev–Trinajstić information content (AvgIpc) is 3.55. The second kappa shape index (κ2) is 9.92. The number of carbonyl (C=O) groups is 2. The highest BCUT2D eigenvalue weighted by atomic mass is 32.2. The third kappa shape index (κ3) is 5.29. The summed E-state index contributed by atoms with van der Waals surface area (Å²) in [5.41, 5.74) is 1.11. The molecule has 4 rings (SSSR count). The van der Waals surface area contributed by atoms with E-state index in [0.29, 0.717) is 18.9 Å². The van der Waals surface area contributed by atoms with Crippen LogP contribution in [-0.4, -0.2) is 64.8 Å². The van der Waals surface area contributed by atoms with E-state index in [1.54, 1.807) is 11.8 Å². The molecule has 0 unspecified atom stereocenters. The Morgan fingerprint density at radius 2 is 2.06 bits per heavy atom. The molecule has 2 saturated heterocycles. The topological polar surface area (TPSA) is 67.9 Å². The largest absolute Gasteiger partial charge is 0.468 e. The van der Waals surface area contributed by atoms with Crippen LogP contribution in [0.4, 0.5) is 0 Å². The Hall–Kier alpha value is -2.27. The Balaban J connectivity index is 1.63. The fourth-order valence-corrected chi connectivity index (χ4v) is 6.21. The van der Waals surface area contributed by atoms with Gasteiger partial charge in [0, 0.05) is 11.2 Å². The van der Waals surface area contributed by atoms with Crippen LogP contribution in [0.15, 0.2) is 42.5 Å². The predicted molar refractivity (Wildman–Crippen MR) is 129 cm³/mol. The number of carbonyl (C=O) groups excluding carboxylic acids is 2. The van der Waals surface area contributed by atoms with E-state index in [0.717, 1.165) is 5.56 Å². The summed E-state index contributed by atoms with van der Waals surface area (Å²) in [7, 11) is 1.38. The number of esters is 2. The van der Waals surface area contributed by atoms with E-state index in [-0.39, 0.29) is 29.5 Å². The molecule has 0 spiro atoms. The molecule has 2 heterocycles. The van der Waals surface area contributed by atoms with Gasteiger partial charge in [-0.25, -0.2) is 0 Å². The lowest BCUT2D eigenvalue weighted by Gasteiger charge is -2.45. The first kappa shape index (κ1) is 23.9. The van der Waals surface area contributed by atoms with Gasteiger partial charge in [0.1, 0.15) is 18.2 Å². The van der Waals surface area contributed by atoms with Crippen LogP contribution in [0.2, 0.25) is 0 Å². The van der Waals surface area contributed by atoms with Gasteiger partial charge in [-0.15, -0.1) is 18.2 Å². The minimum atomic E-state index is -0.610. The summed E-state index contributed by atoms with van der Waals surface area (Å²) in [5, 5.41) is 2.99. The normalized spacial score (nSPS) is 31.8. The molecular formula is C26H32N2O4S. The molecule has 33 heavy (non-hydrogen) atoms. The molecule has 0 aromatic heterocycles. The second-order valence-corrected chi connectivity index (χ2v) is 11.3. The van der Waals surface area contributed by atoms with Crippen LogP contribution in [0.3, 0.4) is 0 Å². The van der Waals surface area contributed by atoms with E-state index < -0.39 is 16.8 Å². The van der Waals surface area contributed by atoms with Crippen molar-refractivity contribution in [3.63, 3.8) is 0 Å². The van der Waals surface area contributed by atoms with Gasteiger partial charge in [0.2, 0.25) is 0 Å². The summed E-state index contributed by atoms with van der Waals surface area (Å²) in [6.07, 6.45) is 12.8. The Kier molecular flexibility index (Phi) is 7.18. The van der Waals surface area contributed by atoms with Crippen molar-refractivity contribution in [2.24, 2.45) is 5.92 Å². The van der Waals surface area contributed by atoms with Crippen molar-refractivity contribution >= 4 is 23.7 Å². The predicted octanol–water partition coefficient (Wildman–Crippen LogP) is 2.78. The monoisotopic (exact) mass is 468 g/mol. The number of benzene rings is 1. The van der Waals surface area contributed by atoms with Gasteiger partial charge >= 0.3 is 11.9 Å². The molecule has 3 aliphatic rings. The third-order valence-electron chi connectivity index (χ3n) is 6.57. The number of thioether (sulfide) groups is 1. The van der Waals surface area contributed by atoms with E-state index in [1.165, 1.54) is 20.0 Å². The first-order chi connectivity index (χ1) is 15.8. The number of hydrogen-bond acceptors (Lipinski definition) is 7. The number of nitrogens with one attached hydrogen (secondary N) is 1. The molecule has 1 aromatic rings. The molecule has 5 atom stereocenters. The van der Waals surface area contributed by atoms with Gasteiger partial charge in [0.05, 0.1) is 25.1 Å². The van der Waals surface area contributed by atoms with Crippen molar-refractivity contribution < 1.29 is 19.1 Å². The van der Waals surface area contributed by atoms with Gasteiger partial charge in [0.15, 0.2) is 0 Å². The molecule has 0 amide bonds. The SMILES string of the molecule is C#CCN1[C@H](/C=C/C2CC2)[C@H](Cc2ccccc2)OC(=O)[C@@H]1[C@@H]1N[C@@H](C(=O)OC)C(C)(C)S1. The van der Waals surface area contributed by atoms with Crippen LogP contribution in [0.25, 0.3) is 0 Å². The van der Waals surface area contributed by atoms with Crippen molar-refractivity contribution in [2.75, 3.05) is 13.7 Å². The fourth-order valence-electron chi connectivity index (χ4n) is 4.65. The van der Waals surface area contributed by atoms with Crippen molar-refractivity contribution in [2.45, 2.75) is 67.5 Å². The number of hydrogen-bond donors (Lipinski definition) is 1. The van der Waals surface area contributed by atoms with Crippen molar-refractivity contribution in [1.29, 1.82) is 0 Å². The molecule has 1 aliphatic carbocycles. The Labute approximate surface area is 200 Å². The Morgan fingerprint density at radius 3 is 2.70 bits per heavy atom. The standard InChI is InChI=1S/C26H32N2O4S/c1-5-15-28-19(14-13-17-11-12-17)20(16-18-9-7-6-8-10-18)32-24(29)21(28)23-27-22(25(30)31-4)26(2,3)33-23/h1,6-10,13-14,17,19-23,27H,11-12,15-16H2,2-4H3/b14-13+/t19-,20+,21+,22+,23-/m1/s1. The highest BCUT2D eigenvalue weighted by Crippen LogP contribution is 2.42. The lowest BCUT2D eigenvalue weighted by molar-refractivity contribution is -0.170.